The molecule has 1 saturated heterocycles. The zero-order valence-electron chi connectivity index (χ0n) is 9.01. The fourth-order valence-electron chi connectivity index (χ4n) is 2.10. The number of hydrogen-bond acceptors (Lipinski definition) is 2. The van der Waals surface area contributed by atoms with Crippen molar-refractivity contribution in [3.63, 3.8) is 0 Å². The summed E-state index contributed by atoms with van der Waals surface area (Å²) in [7, 11) is 1.52. The molecule has 1 aromatic heterocycles. The largest absolute Gasteiger partial charge is 0.435 e. The van der Waals surface area contributed by atoms with Crippen LogP contribution in [0, 0.1) is 0 Å². The Morgan fingerprint density at radius 1 is 1.44 bits per heavy atom. The topological polar surface area (TPSA) is 29.9 Å². The first-order valence-corrected chi connectivity index (χ1v) is 5.32. The molecule has 1 atom stereocenters. The van der Waals surface area contributed by atoms with Gasteiger partial charge >= 0.3 is 6.18 Å². The number of alkyl halides is 3. The molecule has 1 aliphatic heterocycles. The number of hydrogen-bond donors (Lipinski definition) is 1. The number of nitrogens with one attached hydrogen (secondary N) is 1. The normalized spacial score (nSPS) is 22.4. The Balaban J connectivity index is 2.31. The molecule has 1 N–H and O–H groups in total. The number of aromatic nitrogens is 2. The molecule has 6 heteroatoms. The van der Waals surface area contributed by atoms with E-state index < -0.39 is 11.9 Å². The molecule has 0 spiro atoms. The minimum atomic E-state index is -4.37. The molecule has 16 heavy (non-hydrogen) atoms. The van der Waals surface area contributed by atoms with E-state index in [2.05, 4.69) is 10.4 Å². The van der Waals surface area contributed by atoms with Crippen LogP contribution in [0.25, 0.3) is 0 Å². The highest BCUT2D eigenvalue weighted by atomic mass is 19.4. The summed E-state index contributed by atoms with van der Waals surface area (Å²) in [5.41, 5.74) is -0.482. The molecule has 1 aromatic rings. The zero-order valence-corrected chi connectivity index (χ0v) is 9.01. The Bertz CT molecular complexity index is 364. The predicted molar refractivity (Wildman–Crippen MR) is 52.8 cm³/mol. The third-order valence-electron chi connectivity index (χ3n) is 2.81. The van der Waals surface area contributed by atoms with Gasteiger partial charge in [-0.15, -0.1) is 0 Å². The van der Waals surface area contributed by atoms with Gasteiger partial charge in [-0.2, -0.15) is 18.3 Å². The summed E-state index contributed by atoms with van der Waals surface area (Å²) in [6.45, 7) is 0.775. The first-order chi connectivity index (χ1) is 7.48. The maximum absolute atomic E-state index is 12.7. The Morgan fingerprint density at radius 3 is 2.75 bits per heavy atom. The van der Waals surface area contributed by atoms with Gasteiger partial charge in [-0.25, -0.2) is 0 Å². The smallest absolute Gasteiger partial charge is 0.310 e. The van der Waals surface area contributed by atoms with Gasteiger partial charge in [-0.3, -0.25) is 4.68 Å². The van der Waals surface area contributed by atoms with E-state index in [1.54, 1.807) is 0 Å². The predicted octanol–water partition coefficient (Wildman–Crippen LogP) is 2.25. The molecule has 1 unspecified atom stereocenters. The highest BCUT2D eigenvalue weighted by molar-refractivity contribution is 5.24. The van der Waals surface area contributed by atoms with Crippen LogP contribution < -0.4 is 5.32 Å². The lowest BCUT2D eigenvalue weighted by molar-refractivity contribution is -0.142. The van der Waals surface area contributed by atoms with Crippen molar-refractivity contribution in [2.45, 2.75) is 31.5 Å². The van der Waals surface area contributed by atoms with Crippen LogP contribution in [0.5, 0.6) is 0 Å². The van der Waals surface area contributed by atoms with Crippen molar-refractivity contribution < 1.29 is 13.2 Å². The standard InChI is InChI=1S/C10H14F3N3/c1-16-6-7(8-4-2-3-5-14-8)9(15-16)10(11,12)13/h6,8,14H,2-5H2,1H3. The molecular formula is C10H14F3N3. The quantitative estimate of drug-likeness (QED) is 0.806. The van der Waals surface area contributed by atoms with Crippen LogP contribution in [0.15, 0.2) is 6.20 Å². The van der Waals surface area contributed by atoms with Crippen LogP contribution in [-0.4, -0.2) is 16.3 Å². The molecule has 1 aliphatic rings. The van der Waals surface area contributed by atoms with Crippen LogP contribution in [0.1, 0.15) is 36.6 Å². The molecular weight excluding hydrogens is 219 g/mol. The molecule has 2 rings (SSSR count). The second kappa shape index (κ2) is 4.08. The first kappa shape index (κ1) is 11.4. The van der Waals surface area contributed by atoms with Gasteiger partial charge in [0.2, 0.25) is 0 Å². The van der Waals surface area contributed by atoms with Crippen LogP contribution in [0.3, 0.4) is 0 Å². The molecule has 1 fully saturated rings. The third kappa shape index (κ3) is 2.21. The zero-order chi connectivity index (χ0) is 11.8. The van der Waals surface area contributed by atoms with Crippen LogP contribution in [0.4, 0.5) is 13.2 Å². The molecule has 2 heterocycles. The summed E-state index contributed by atoms with van der Waals surface area (Å²) < 4.78 is 39.4. The van der Waals surface area contributed by atoms with E-state index in [0.29, 0.717) is 0 Å². The van der Waals surface area contributed by atoms with Gasteiger partial charge in [-0.1, -0.05) is 6.42 Å². The Kier molecular flexibility index (Phi) is 2.92. The fraction of sp³-hybridized carbons (Fsp3) is 0.700. The van der Waals surface area contributed by atoms with E-state index in [1.165, 1.54) is 17.9 Å². The monoisotopic (exact) mass is 233 g/mol. The fourth-order valence-corrected chi connectivity index (χ4v) is 2.10. The third-order valence-corrected chi connectivity index (χ3v) is 2.81. The molecule has 0 amide bonds. The minimum Gasteiger partial charge on any atom is -0.310 e. The van der Waals surface area contributed by atoms with E-state index >= 15 is 0 Å². The number of aryl methyl sites for hydroxylation is 1. The summed E-state index contributed by atoms with van der Waals surface area (Å²) in [6.07, 6.45) is -0.168. The van der Waals surface area contributed by atoms with Crippen molar-refractivity contribution in [1.29, 1.82) is 0 Å². The lowest BCUT2D eigenvalue weighted by atomic mass is 9.98. The molecule has 0 saturated carbocycles. The molecule has 0 aliphatic carbocycles. The summed E-state index contributed by atoms with van der Waals surface area (Å²) in [6, 6.07) is -0.209. The van der Waals surface area contributed by atoms with Crippen molar-refractivity contribution in [1.82, 2.24) is 15.1 Å². The maximum Gasteiger partial charge on any atom is 0.435 e. The maximum atomic E-state index is 12.7. The summed E-state index contributed by atoms with van der Waals surface area (Å²) in [4.78, 5) is 0. The van der Waals surface area contributed by atoms with Crippen LogP contribution >= 0.6 is 0 Å². The highest BCUT2D eigenvalue weighted by Gasteiger charge is 2.38. The highest BCUT2D eigenvalue weighted by Crippen LogP contribution is 2.35. The van der Waals surface area contributed by atoms with Gasteiger partial charge in [0, 0.05) is 24.8 Å². The minimum absolute atomic E-state index is 0.209. The number of nitrogens with zero attached hydrogens (tertiary/aromatic N) is 2. The number of rotatable bonds is 1. The Labute approximate surface area is 91.6 Å². The second-order valence-corrected chi connectivity index (χ2v) is 4.11. The number of piperidine rings is 1. The van der Waals surface area contributed by atoms with Crippen LogP contribution in [-0.2, 0) is 13.2 Å². The van der Waals surface area contributed by atoms with E-state index in [1.807, 2.05) is 0 Å². The summed E-state index contributed by atoms with van der Waals surface area (Å²) in [5.74, 6) is 0. The van der Waals surface area contributed by atoms with Crippen molar-refractivity contribution in [2.24, 2.45) is 7.05 Å². The lowest BCUT2D eigenvalue weighted by Crippen LogP contribution is -2.28. The van der Waals surface area contributed by atoms with Crippen molar-refractivity contribution in [2.75, 3.05) is 6.54 Å². The van der Waals surface area contributed by atoms with Gasteiger partial charge in [0.25, 0.3) is 0 Å². The number of halogens is 3. The van der Waals surface area contributed by atoms with E-state index in [-0.39, 0.29) is 11.6 Å². The van der Waals surface area contributed by atoms with Gasteiger partial charge < -0.3 is 5.32 Å². The van der Waals surface area contributed by atoms with Crippen molar-refractivity contribution in [3.05, 3.63) is 17.5 Å². The Morgan fingerprint density at radius 2 is 2.19 bits per heavy atom. The van der Waals surface area contributed by atoms with E-state index in [9.17, 15) is 13.2 Å². The molecule has 0 radical (unpaired) electrons. The van der Waals surface area contributed by atoms with E-state index in [4.69, 9.17) is 0 Å². The van der Waals surface area contributed by atoms with Gasteiger partial charge in [0.15, 0.2) is 5.69 Å². The molecule has 0 aromatic carbocycles. The molecule has 3 nitrogen and oxygen atoms in total. The van der Waals surface area contributed by atoms with Gasteiger partial charge in [0.1, 0.15) is 0 Å². The SMILES string of the molecule is Cn1cc(C2CCCCN2)c(C(F)(F)F)n1. The second-order valence-electron chi connectivity index (χ2n) is 4.11. The van der Waals surface area contributed by atoms with Crippen molar-refractivity contribution >= 4 is 0 Å². The van der Waals surface area contributed by atoms with Gasteiger partial charge in [0.05, 0.1) is 0 Å². The average molecular weight is 233 g/mol. The molecule has 0 bridgehead atoms. The van der Waals surface area contributed by atoms with E-state index in [0.717, 1.165) is 25.8 Å². The first-order valence-electron chi connectivity index (χ1n) is 5.32. The Hall–Kier alpha value is -1.04. The summed E-state index contributed by atoms with van der Waals surface area (Å²) >= 11 is 0. The summed E-state index contributed by atoms with van der Waals surface area (Å²) in [5, 5.41) is 6.62. The van der Waals surface area contributed by atoms with Gasteiger partial charge in [-0.05, 0) is 19.4 Å². The average Bonchev–Trinajstić information content (AvgIpc) is 2.61. The van der Waals surface area contributed by atoms with Crippen LogP contribution in [0.2, 0.25) is 0 Å². The lowest BCUT2D eigenvalue weighted by Gasteiger charge is -2.23. The molecule has 90 valence electrons. The van der Waals surface area contributed by atoms with Crippen molar-refractivity contribution in [3.8, 4) is 0 Å².